The monoisotopic (exact) mass is 554 g/mol. The SMILES string of the molecule is COc1cc(/C=C2\C(=O)N(c3cccc(C(=O)O)c3)N=C2C)cc(Br)c1OCc1ccccc1Cl. The molecule has 1 aliphatic heterocycles. The van der Waals surface area contributed by atoms with Gasteiger partial charge in [0.05, 0.1) is 34.1 Å². The second-order valence-corrected chi connectivity index (χ2v) is 8.89. The Labute approximate surface area is 215 Å². The van der Waals surface area contributed by atoms with Crippen LogP contribution in [0.4, 0.5) is 5.69 Å². The van der Waals surface area contributed by atoms with Gasteiger partial charge in [-0.3, -0.25) is 4.79 Å². The number of methoxy groups -OCH3 is 1. The standard InChI is InChI=1S/C26H20BrClN2O5/c1-15-20(25(31)30(29-15)19-8-5-7-17(13-19)26(32)33)10-16-11-21(27)24(23(12-16)34-2)35-14-18-6-3-4-9-22(18)28/h3-13H,14H2,1-2H3,(H,32,33)/b20-10-. The normalized spacial score (nSPS) is 14.3. The number of hydrazone groups is 1. The van der Waals surface area contributed by atoms with Gasteiger partial charge in [0.15, 0.2) is 11.5 Å². The van der Waals surface area contributed by atoms with Crippen LogP contribution in [0.3, 0.4) is 0 Å². The topological polar surface area (TPSA) is 88.4 Å². The van der Waals surface area contributed by atoms with Gasteiger partial charge >= 0.3 is 5.97 Å². The van der Waals surface area contributed by atoms with Crippen LogP contribution in [0, 0.1) is 0 Å². The van der Waals surface area contributed by atoms with E-state index in [9.17, 15) is 14.7 Å². The van der Waals surface area contributed by atoms with Crippen molar-refractivity contribution in [2.24, 2.45) is 5.10 Å². The van der Waals surface area contributed by atoms with Gasteiger partial charge in [-0.05, 0) is 70.9 Å². The van der Waals surface area contributed by atoms with E-state index in [-0.39, 0.29) is 18.1 Å². The van der Waals surface area contributed by atoms with Gasteiger partial charge in [-0.1, -0.05) is 35.9 Å². The van der Waals surface area contributed by atoms with E-state index in [4.69, 9.17) is 21.1 Å². The fourth-order valence-electron chi connectivity index (χ4n) is 3.53. The number of ether oxygens (including phenoxy) is 2. The van der Waals surface area contributed by atoms with E-state index in [0.29, 0.717) is 43.5 Å². The lowest BCUT2D eigenvalue weighted by molar-refractivity contribution is -0.114. The first-order valence-corrected chi connectivity index (χ1v) is 11.6. The molecular formula is C26H20BrClN2O5. The van der Waals surface area contributed by atoms with Crippen LogP contribution in [0.25, 0.3) is 6.08 Å². The lowest BCUT2D eigenvalue weighted by Crippen LogP contribution is -2.21. The molecule has 0 saturated heterocycles. The molecule has 3 aromatic rings. The number of hydrogen-bond acceptors (Lipinski definition) is 5. The van der Waals surface area contributed by atoms with Crippen LogP contribution in [0.1, 0.15) is 28.4 Å². The highest BCUT2D eigenvalue weighted by molar-refractivity contribution is 9.10. The number of carboxylic acid groups (broad SMARTS) is 1. The zero-order valence-electron chi connectivity index (χ0n) is 18.8. The zero-order valence-corrected chi connectivity index (χ0v) is 21.1. The summed E-state index contributed by atoms with van der Waals surface area (Å²) in [5, 5.41) is 15.4. The highest BCUT2D eigenvalue weighted by atomic mass is 79.9. The first kappa shape index (κ1) is 24.5. The van der Waals surface area contributed by atoms with Crippen LogP contribution in [0.2, 0.25) is 5.02 Å². The van der Waals surface area contributed by atoms with Crippen molar-refractivity contribution in [1.82, 2.24) is 0 Å². The van der Waals surface area contributed by atoms with Gasteiger partial charge in [0.25, 0.3) is 5.91 Å². The summed E-state index contributed by atoms with van der Waals surface area (Å²) in [6, 6.07) is 17.1. The van der Waals surface area contributed by atoms with Gasteiger partial charge in [-0.15, -0.1) is 0 Å². The number of benzene rings is 3. The molecule has 0 saturated carbocycles. The minimum absolute atomic E-state index is 0.0710. The lowest BCUT2D eigenvalue weighted by Gasteiger charge is -2.14. The fourth-order valence-corrected chi connectivity index (χ4v) is 4.29. The molecule has 9 heteroatoms. The Bertz CT molecular complexity index is 1390. The Morgan fingerprint density at radius 3 is 2.66 bits per heavy atom. The largest absolute Gasteiger partial charge is 0.493 e. The van der Waals surface area contributed by atoms with Crippen LogP contribution in [-0.2, 0) is 11.4 Å². The summed E-state index contributed by atoms with van der Waals surface area (Å²) in [5.74, 6) is -0.461. The molecule has 0 aliphatic carbocycles. The van der Waals surface area contributed by atoms with Gasteiger partial charge in [-0.25, -0.2) is 4.79 Å². The highest BCUT2D eigenvalue weighted by Crippen LogP contribution is 2.38. The Morgan fingerprint density at radius 1 is 1.17 bits per heavy atom. The van der Waals surface area contributed by atoms with Gasteiger partial charge in [-0.2, -0.15) is 10.1 Å². The molecule has 0 radical (unpaired) electrons. The van der Waals surface area contributed by atoms with E-state index in [2.05, 4.69) is 21.0 Å². The van der Waals surface area contributed by atoms with Crippen LogP contribution in [0.15, 0.2) is 75.8 Å². The van der Waals surface area contributed by atoms with Crippen LogP contribution in [-0.4, -0.2) is 29.8 Å². The third-order valence-corrected chi connectivity index (χ3v) is 6.25. The highest BCUT2D eigenvalue weighted by Gasteiger charge is 2.29. The van der Waals surface area contributed by atoms with Crippen LogP contribution in [0.5, 0.6) is 11.5 Å². The number of halogens is 2. The Hall–Kier alpha value is -3.62. The molecular weight excluding hydrogens is 536 g/mol. The predicted molar refractivity (Wildman–Crippen MR) is 138 cm³/mol. The third-order valence-electron chi connectivity index (χ3n) is 5.29. The molecule has 1 aliphatic rings. The van der Waals surface area contributed by atoms with E-state index in [1.54, 1.807) is 37.3 Å². The molecule has 0 bridgehead atoms. The number of hydrogen-bond donors (Lipinski definition) is 1. The fraction of sp³-hybridized carbons (Fsp3) is 0.115. The number of aromatic carboxylic acids is 1. The molecule has 1 amide bonds. The molecule has 35 heavy (non-hydrogen) atoms. The second-order valence-electron chi connectivity index (χ2n) is 7.63. The van der Waals surface area contributed by atoms with E-state index in [1.165, 1.54) is 24.3 Å². The quantitative estimate of drug-likeness (QED) is 0.351. The minimum atomic E-state index is -1.08. The van der Waals surface area contributed by atoms with E-state index >= 15 is 0 Å². The molecule has 3 aromatic carbocycles. The molecule has 0 spiro atoms. The molecule has 0 fully saturated rings. The van der Waals surface area contributed by atoms with Crippen molar-refractivity contribution >= 4 is 56.9 Å². The maximum absolute atomic E-state index is 13.1. The van der Waals surface area contributed by atoms with Crippen molar-refractivity contribution < 1.29 is 24.2 Å². The predicted octanol–water partition coefficient (Wildman–Crippen LogP) is 6.19. The number of rotatable bonds is 7. The van der Waals surface area contributed by atoms with Gasteiger partial charge in [0.1, 0.15) is 6.61 Å². The first-order chi connectivity index (χ1) is 16.8. The summed E-state index contributed by atoms with van der Waals surface area (Å²) in [4.78, 5) is 24.4. The number of anilines is 1. The maximum Gasteiger partial charge on any atom is 0.335 e. The van der Waals surface area contributed by atoms with Crippen molar-refractivity contribution in [2.45, 2.75) is 13.5 Å². The molecule has 0 unspecified atom stereocenters. The molecule has 178 valence electrons. The average Bonchev–Trinajstić information content (AvgIpc) is 3.12. The van der Waals surface area contributed by atoms with Crippen molar-refractivity contribution in [3.8, 4) is 11.5 Å². The van der Waals surface area contributed by atoms with Gasteiger partial charge < -0.3 is 14.6 Å². The summed E-state index contributed by atoms with van der Waals surface area (Å²) >= 11 is 9.76. The Morgan fingerprint density at radius 2 is 1.94 bits per heavy atom. The summed E-state index contributed by atoms with van der Waals surface area (Å²) in [6.07, 6.45) is 1.70. The van der Waals surface area contributed by atoms with Crippen molar-refractivity contribution in [1.29, 1.82) is 0 Å². The molecule has 0 aromatic heterocycles. The summed E-state index contributed by atoms with van der Waals surface area (Å²) in [5.41, 5.74) is 2.86. The maximum atomic E-state index is 13.1. The van der Waals surface area contributed by atoms with Gasteiger partial charge in [0.2, 0.25) is 0 Å². The average molecular weight is 556 g/mol. The molecule has 1 heterocycles. The lowest BCUT2D eigenvalue weighted by atomic mass is 10.1. The number of carbonyl (C=O) groups is 2. The third kappa shape index (κ3) is 5.23. The number of amides is 1. The number of nitrogens with zero attached hydrogens (tertiary/aromatic N) is 2. The first-order valence-electron chi connectivity index (χ1n) is 10.5. The van der Waals surface area contributed by atoms with Crippen molar-refractivity contribution in [2.75, 3.05) is 12.1 Å². The molecule has 7 nitrogen and oxygen atoms in total. The molecule has 1 N–H and O–H groups in total. The summed E-state index contributed by atoms with van der Waals surface area (Å²) in [6.45, 7) is 1.97. The van der Waals surface area contributed by atoms with Crippen LogP contribution >= 0.6 is 27.5 Å². The van der Waals surface area contributed by atoms with Crippen molar-refractivity contribution in [3.63, 3.8) is 0 Å². The smallest absolute Gasteiger partial charge is 0.335 e. The van der Waals surface area contributed by atoms with Crippen molar-refractivity contribution in [3.05, 3.63) is 92.4 Å². The summed E-state index contributed by atoms with van der Waals surface area (Å²) in [7, 11) is 1.53. The van der Waals surface area contributed by atoms with E-state index in [0.717, 1.165) is 5.56 Å². The molecule has 0 atom stereocenters. The van der Waals surface area contributed by atoms with E-state index in [1.807, 2.05) is 24.3 Å². The van der Waals surface area contributed by atoms with Crippen LogP contribution < -0.4 is 14.5 Å². The Kier molecular flexibility index (Phi) is 7.23. The number of carbonyl (C=O) groups excluding carboxylic acids is 1. The minimum Gasteiger partial charge on any atom is -0.493 e. The zero-order chi connectivity index (χ0) is 25.1. The molecule has 4 rings (SSSR count). The van der Waals surface area contributed by atoms with Gasteiger partial charge in [0, 0.05) is 10.6 Å². The number of carboxylic acids is 1. The van der Waals surface area contributed by atoms with E-state index < -0.39 is 5.97 Å². The second kappa shape index (κ2) is 10.3. The summed E-state index contributed by atoms with van der Waals surface area (Å²) < 4.78 is 12.1. The Balaban J connectivity index is 1.61.